The van der Waals surface area contributed by atoms with Crippen molar-refractivity contribution in [3.63, 3.8) is 0 Å². The third-order valence-electron chi connectivity index (χ3n) is 3.79. The number of aliphatic hydroxyl groups is 1. The minimum atomic E-state index is -0.241. The molecule has 114 valence electrons. The maximum absolute atomic E-state index is 12.1. The van der Waals surface area contributed by atoms with Crippen molar-refractivity contribution in [3.8, 4) is 0 Å². The van der Waals surface area contributed by atoms with Crippen molar-refractivity contribution in [3.05, 3.63) is 34.9 Å². The zero-order valence-corrected chi connectivity index (χ0v) is 12.6. The summed E-state index contributed by atoms with van der Waals surface area (Å²) in [6.07, 6.45) is 1.73. The van der Waals surface area contributed by atoms with Crippen LogP contribution in [0.1, 0.15) is 34.3 Å². The molecule has 2 amide bonds. The zero-order chi connectivity index (χ0) is 15.4. The number of amides is 2. The number of likely N-dealkylation sites (tertiary alicyclic amines) is 1. The van der Waals surface area contributed by atoms with Gasteiger partial charge in [0.2, 0.25) is 5.91 Å². The van der Waals surface area contributed by atoms with E-state index in [2.05, 4.69) is 5.32 Å². The number of benzene rings is 1. The minimum Gasteiger partial charge on any atom is -0.394 e. The van der Waals surface area contributed by atoms with Crippen LogP contribution in [-0.2, 0) is 4.79 Å². The summed E-state index contributed by atoms with van der Waals surface area (Å²) in [5.74, 6) is -0.376. The van der Waals surface area contributed by atoms with Crippen molar-refractivity contribution in [2.75, 3.05) is 19.7 Å². The second-order valence-electron chi connectivity index (χ2n) is 5.62. The molecule has 1 aliphatic rings. The second-order valence-corrected chi connectivity index (χ2v) is 5.62. The van der Waals surface area contributed by atoms with E-state index >= 15 is 0 Å². The highest BCUT2D eigenvalue weighted by Gasteiger charge is 2.27. The molecule has 2 N–H and O–H groups in total. The zero-order valence-electron chi connectivity index (χ0n) is 12.6. The number of aryl methyl sites for hydroxylation is 2. The van der Waals surface area contributed by atoms with Crippen LogP contribution in [0.2, 0.25) is 0 Å². The SMILES string of the molecule is Cc1cc(C)cc(C(=O)NCC(=O)N2CCCC2CO)c1. The molecule has 1 atom stereocenters. The lowest BCUT2D eigenvalue weighted by Gasteiger charge is -2.23. The molecule has 21 heavy (non-hydrogen) atoms. The molecule has 1 saturated heterocycles. The molecule has 1 aromatic rings. The van der Waals surface area contributed by atoms with Gasteiger partial charge in [-0.25, -0.2) is 0 Å². The van der Waals surface area contributed by atoms with Crippen molar-refractivity contribution in [2.45, 2.75) is 32.7 Å². The third kappa shape index (κ3) is 3.82. The summed E-state index contributed by atoms with van der Waals surface area (Å²) in [6, 6.07) is 5.51. The van der Waals surface area contributed by atoms with E-state index in [0.29, 0.717) is 12.1 Å². The van der Waals surface area contributed by atoms with Crippen LogP contribution >= 0.6 is 0 Å². The summed E-state index contributed by atoms with van der Waals surface area (Å²) in [7, 11) is 0. The highest BCUT2D eigenvalue weighted by atomic mass is 16.3. The number of nitrogens with zero attached hydrogens (tertiary/aromatic N) is 1. The monoisotopic (exact) mass is 290 g/mol. The van der Waals surface area contributed by atoms with Gasteiger partial charge in [-0.3, -0.25) is 9.59 Å². The van der Waals surface area contributed by atoms with Crippen LogP contribution in [0, 0.1) is 13.8 Å². The molecule has 0 spiro atoms. The summed E-state index contributed by atoms with van der Waals surface area (Å²) in [5, 5.41) is 11.9. The van der Waals surface area contributed by atoms with E-state index in [0.717, 1.165) is 24.0 Å². The van der Waals surface area contributed by atoms with Crippen LogP contribution in [0.5, 0.6) is 0 Å². The lowest BCUT2D eigenvalue weighted by atomic mass is 10.1. The topological polar surface area (TPSA) is 69.6 Å². The van der Waals surface area contributed by atoms with Gasteiger partial charge >= 0.3 is 0 Å². The first-order chi connectivity index (χ1) is 10.0. The average Bonchev–Trinajstić information content (AvgIpc) is 2.91. The largest absolute Gasteiger partial charge is 0.394 e. The van der Waals surface area contributed by atoms with Crippen LogP contribution < -0.4 is 5.32 Å². The Labute approximate surface area is 125 Å². The van der Waals surface area contributed by atoms with Gasteiger partial charge in [0.05, 0.1) is 19.2 Å². The molecule has 2 rings (SSSR count). The maximum atomic E-state index is 12.1. The molecule has 1 fully saturated rings. The number of hydrogen-bond donors (Lipinski definition) is 2. The van der Waals surface area contributed by atoms with Crippen molar-refractivity contribution >= 4 is 11.8 Å². The Kier molecular flexibility index (Phi) is 4.96. The van der Waals surface area contributed by atoms with Crippen LogP contribution in [0.3, 0.4) is 0 Å². The summed E-state index contributed by atoms with van der Waals surface area (Å²) in [6.45, 7) is 4.48. The minimum absolute atomic E-state index is 0.0171. The Morgan fingerprint density at radius 1 is 1.29 bits per heavy atom. The van der Waals surface area contributed by atoms with E-state index < -0.39 is 0 Å². The number of hydrogen-bond acceptors (Lipinski definition) is 3. The molecule has 0 saturated carbocycles. The van der Waals surface area contributed by atoms with E-state index in [4.69, 9.17) is 0 Å². The lowest BCUT2D eigenvalue weighted by Crippen LogP contribution is -2.43. The van der Waals surface area contributed by atoms with E-state index in [-0.39, 0.29) is 31.0 Å². The normalized spacial score (nSPS) is 17.9. The summed E-state index contributed by atoms with van der Waals surface area (Å²) in [5.41, 5.74) is 2.61. The van der Waals surface area contributed by atoms with Crippen molar-refractivity contribution in [2.24, 2.45) is 0 Å². The number of aliphatic hydroxyl groups excluding tert-OH is 1. The van der Waals surface area contributed by atoms with Crippen molar-refractivity contribution < 1.29 is 14.7 Å². The molecule has 1 heterocycles. The Bertz CT molecular complexity index is 522. The van der Waals surface area contributed by atoms with Crippen LogP contribution in [0.25, 0.3) is 0 Å². The summed E-state index contributed by atoms with van der Waals surface area (Å²) >= 11 is 0. The smallest absolute Gasteiger partial charge is 0.251 e. The third-order valence-corrected chi connectivity index (χ3v) is 3.79. The van der Waals surface area contributed by atoms with E-state index in [9.17, 15) is 14.7 Å². The van der Waals surface area contributed by atoms with Gasteiger partial charge in [-0.2, -0.15) is 0 Å². The number of carbonyl (C=O) groups excluding carboxylic acids is 2. The Morgan fingerprint density at radius 2 is 1.95 bits per heavy atom. The number of carbonyl (C=O) groups is 2. The molecule has 5 nitrogen and oxygen atoms in total. The molecular formula is C16H22N2O3. The molecule has 0 aliphatic carbocycles. The molecule has 0 bridgehead atoms. The quantitative estimate of drug-likeness (QED) is 0.869. The van der Waals surface area contributed by atoms with E-state index in [1.54, 1.807) is 17.0 Å². The molecule has 0 radical (unpaired) electrons. The van der Waals surface area contributed by atoms with Crippen molar-refractivity contribution in [1.82, 2.24) is 10.2 Å². The Hall–Kier alpha value is -1.88. The molecule has 1 aliphatic heterocycles. The standard InChI is InChI=1S/C16H22N2O3/c1-11-6-12(2)8-13(7-11)16(21)17-9-15(20)18-5-3-4-14(18)10-19/h6-8,14,19H,3-5,9-10H2,1-2H3,(H,17,21). The summed E-state index contributed by atoms with van der Waals surface area (Å²) < 4.78 is 0. The highest BCUT2D eigenvalue weighted by Crippen LogP contribution is 2.16. The predicted molar refractivity (Wildman–Crippen MR) is 80.1 cm³/mol. The van der Waals surface area contributed by atoms with Gasteiger partial charge in [0.1, 0.15) is 0 Å². The van der Waals surface area contributed by atoms with Crippen LogP contribution in [0.4, 0.5) is 0 Å². The number of nitrogens with one attached hydrogen (secondary N) is 1. The van der Waals surface area contributed by atoms with Crippen LogP contribution in [-0.4, -0.2) is 47.6 Å². The van der Waals surface area contributed by atoms with Gasteiger partial charge in [-0.1, -0.05) is 17.2 Å². The fourth-order valence-corrected chi connectivity index (χ4v) is 2.82. The molecule has 5 heteroatoms. The van der Waals surface area contributed by atoms with Gasteiger partial charge in [0.15, 0.2) is 0 Å². The van der Waals surface area contributed by atoms with Crippen LogP contribution in [0.15, 0.2) is 18.2 Å². The second kappa shape index (κ2) is 6.72. The van der Waals surface area contributed by atoms with Gasteiger partial charge in [0.25, 0.3) is 5.91 Å². The van der Waals surface area contributed by atoms with E-state index in [1.165, 1.54) is 0 Å². The van der Waals surface area contributed by atoms with Gasteiger partial charge in [-0.05, 0) is 38.8 Å². The molecule has 1 unspecified atom stereocenters. The fourth-order valence-electron chi connectivity index (χ4n) is 2.82. The van der Waals surface area contributed by atoms with Gasteiger partial charge < -0.3 is 15.3 Å². The Balaban J connectivity index is 1.93. The first-order valence-corrected chi connectivity index (χ1v) is 7.28. The molecular weight excluding hydrogens is 268 g/mol. The number of rotatable bonds is 4. The van der Waals surface area contributed by atoms with Gasteiger partial charge in [-0.15, -0.1) is 0 Å². The summed E-state index contributed by atoms with van der Waals surface area (Å²) in [4.78, 5) is 25.8. The molecule has 1 aromatic carbocycles. The van der Waals surface area contributed by atoms with E-state index in [1.807, 2.05) is 19.9 Å². The maximum Gasteiger partial charge on any atom is 0.251 e. The first kappa shape index (κ1) is 15.5. The average molecular weight is 290 g/mol. The Morgan fingerprint density at radius 3 is 2.57 bits per heavy atom. The fraction of sp³-hybridized carbons (Fsp3) is 0.500. The highest BCUT2D eigenvalue weighted by molar-refractivity contribution is 5.96. The van der Waals surface area contributed by atoms with Gasteiger partial charge in [0, 0.05) is 12.1 Å². The predicted octanol–water partition coefficient (Wildman–Crippen LogP) is 1.02. The lowest BCUT2D eigenvalue weighted by molar-refractivity contribution is -0.131. The van der Waals surface area contributed by atoms with Crippen molar-refractivity contribution in [1.29, 1.82) is 0 Å². The first-order valence-electron chi connectivity index (χ1n) is 7.28. The molecule has 0 aromatic heterocycles.